The zero-order valence-electron chi connectivity index (χ0n) is 11.2. The van der Waals surface area contributed by atoms with E-state index in [2.05, 4.69) is 15.7 Å². The van der Waals surface area contributed by atoms with E-state index >= 15 is 0 Å². The second-order valence-electron chi connectivity index (χ2n) is 5.31. The Balaban J connectivity index is 1.55. The molecule has 1 saturated carbocycles. The smallest absolute Gasteiger partial charge is 0.107 e. The van der Waals surface area contributed by atoms with Gasteiger partial charge in [0.05, 0.1) is 6.10 Å². The molecule has 1 aliphatic carbocycles. The summed E-state index contributed by atoms with van der Waals surface area (Å²) in [7, 11) is 0. The first-order valence-electron chi connectivity index (χ1n) is 7.05. The molecule has 0 radical (unpaired) electrons. The van der Waals surface area contributed by atoms with Crippen molar-refractivity contribution in [1.82, 2.24) is 10.3 Å². The van der Waals surface area contributed by atoms with E-state index < -0.39 is 0 Å². The van der Waals surface area contributed by atoms with Crippen molar-refractivity contribution in [2.45, 2.75) is 58.1 Å². The van der Waals surface area contributed by atoms with Gasteiger partial charge in [0.15, 0.2) is 0 Å². The number of aromatic nitrogens is 1. The van der Waals surface area contributed by atoms with Crippen LogP contribution in [0.1, 0.15) is 49.2 Å². The molecule has 0 amide bonds. The molecule has 0 spiro atoms. The van der Waals surface area contributed by atoms with E-state index in [9.17, 15) is 5.11 Å². The largest absolute Gasteiger partial charge is 0.393 e. The molecule has 18 heavy (non-hydrogen) atoms. The van der Waals surface area contributed by atoms with Crippen molar-refractivity contribution in [3.63, 3.8) is 0 Å². The van der Waals surface area contributed by atoms with Crippen LogP contribution in [0.5, 0.6) is 0 Å². The van der Waals surface area contributed by atoms with E-state index in [1.165, 1.54) is 24.3 Å². The average Bonchev–Trinajstić information content (AvgIpc) is 2.77. The molecule has 3 nitrogen and oxygen atoms in total. The van der Waals surface area contributed by atoms with Crippen molar-refractivity contribution in [2.75, 3.05) is 6.54 Å². The Morgan fingerprint density at radius 1 is 1.44 bits per heavy atom. The molecule has 2 N–H and O–H groups in total. The molecule has 0 aliphatic heterocycles. The lowest BCUT2D eigenvalue weighted by Crippen LogP contribution is -2.25. The minimum Gasteiger partial charge on any atom is -0.393 e. The SMILES string of the molecule is Cc1csc(CNCCCC2CCCCC2O)n1. The fourth-order valence-corrected chi connectivity index (χ4v) is 3.43. The Morgan fingerprint density at radius 2 is 2.28 bits per heavy atom. The van der Waals surface area contributed by atoms with Gasteiger partial charge >= 0.3 is 0 Å². The zero-order chi connectivity index (χ0) is 12.8. The summed E-state index contributed by atoms with van der Waals surface area (Å²) >= 11 is 1.72. The number of nitrogens with zero attached hydrogens (tertiary/aromatic N) is 1. The third-order valence-corrected chi connectivity index (χ3v) is 4.71. The van der Waals surface area contributed by atoms with E-state index in [0.29, 0.717) is 5.92 Å². The van der Waals surface area contributed by atoms with Gasteiger partial charge in [-0.3, -0.25) is 0 Å². The number of aliphatic hydroxyl groups excluding tert-OH is 1. The van der Waals surface area contributed by atoms with Gasteiger partial charge in [0.25, 0.3) is 0 Å². The van der Waals surface area contributed by atoms with Crippen LogP contribution < -0.4 is 5.32 Å². The van der Waals surface area contributed by atoms with Gasteiger partial charge in [0.2, 0.25) is 0 Å². The molecule has 4 heteroatoms. The maximum absolute atomic E-state index is 9.88. The highest BCUT2D eigenvalue weighted by molar-refractivity contribution is 7.09. The highest BCUT2D eigenvalue weighted by Crippen LogP contribution is 2.27. The number of aryl methyl sites for hydroxylation is 1. The monoisotopic (exact) mass is 268 g/mol. The summed E-state index contributed by atoms with van der Waals surface area (Å²) in [6, 6.07) is 0. The molecule has 1 aromatic heterocycles. The van der Waals surface area contributed by atoms with E-state index in [1.807, 2.05) is 6.92 Å². The quantitative estimate of drug-likeness (QED) is 0.780. The van der Waals surface area contributed by atoms with Crippen molar-refractivity contribution in [2.24, 2.45) is 5.92 Å². The number of nitrogens with one attached hydrogen (secondary N) is 1. The van der Waals surface area contributed by atoms with Gasteiger partial charge in [-0.2, -0.15) is 0 Å². The van der Waals surface area contributed by atoms with Gasteiger partial charge in [-0.15, -0.1) is 11.3 Å². The third kappa shape index (κ3) is 4.34. The molecule has 1 aliphatic rings. The van der Waals surface area contributed by atoms with Crippen molar-refractivity contribution < 1.29 is 5.11 Å². The maximum atomic E-state index is 9.88. The Kier molecular flexibility index (Phi) is 5.60. The fraction of sp³-hybridized carbons (Fsp3) is 0.786. The summed E-state index contributed by atoms with van der Waals surface area (Å²) in [6.07, 6.45) is 7.01. The van der Waals surface area contributed by atoms with Crippen LogP contribution in [0.15, 0.2) is 5.38 Å². The van der Waals surface area contributed by atoms with Gasteiger partial charge in [0, 0.05) is 17.6 Å². The Bertz CT molecular complexity index is 353. The molecular formula is C14H24N2OS. The molecular weight excluding hydrogens is 244 g/mol. The van der Waals surface area contributed by atoms with Crippen molar-refractivity contribution in [3.8, 4) is 0 Å². The topological polar surface area (TPSA) is 45.1 Å². The second kappa shape index (κ2) is 7.22. The van der Waals surface area contributed by atoms with E-state index in [0.717, 1.165) is 38.0 Å². The summed E-state index contributed by atoms with van der Waals surface area (Å²) < 4.78 is 0. The van der Waals surface area contributed by atoms with Crippen LogP contribution in [-0.4, -0.2) is 22.7 Å². The number of hydrogen-bond acceptors (Lipinski definition) is 4. The minimum absolute atomic E-state index is 0.0413. The van der Waals surface area contributed by atoms with Crippen molar-refractivity contribution in [3.05, 3.63) is 16.1 Å². The van der Waals surface area contributed by atoms with Gasteiger partial charge in [-0.05, 0) is 45.1 Å². The van der Waals surface area contributed by atoms with Crippen molar-refractivity contribution in [1.29, 1.82) is 0 Å². The summed E-state index contributed by atoms with van der Waals surface area (Å²) in [4.78, 5) is 4.43. The molecule has 102 valence electrons. The number of rotatable bonds is 6. The van der Waals surface area contributed by atoms with Gasteiger partial charge < -0.3 is 10.4 Å². The first-order chi connectivity index (χ1) is 8.75. The van der Waals surface area contributed by atoms with E-state index in [-0.39, 0.29) is 6.10 Å². The molecule has 2 atom stereocenters. The van der Waals surface area contributed by atoms with Crippen LogP contribution in [0.3, 0.4) is 0 Å². The fourth-order valence-electron chi connectivity index (χ4n) is 2.69. The summed E-state index contributed by atoms with van der Waals surface area (Å²) in [5.74, 6) is 0.544. The molecule has 2 rings (SSSR count). The Hall–Kier alpha value is -0.450. The molecule has 1 fully saturated rings. The first-order valence-corrected chi connectivity index (χ1v) is 7.93. The summed E-state index contributed by atoms with van der Waals surface area (Å²) in [5, 5.41) is 16.6. The van der Waals surface area contributed by atoms with Gasteiger partial charge in [-0.1, -0.05) is 12.8 Å². The molecule has 0 bridgehead atoms. The lowest BCUT2D eigenvalue weighted by Gasteiger charge is -2.27. The first kappa shape index (κ1) is 14.0. The predicted octanol–water partition coefficient (Wildman–Crippen LogP) is 2.87. The van der Waals surface area contributed by atoms with Gasteiger partial charge in [0.1, 0.15) is 5.01 Å². The predicted molar refractivity (Wildman–Crippen MR) is 75.8 cm³/mol. The number of aliphatic hydroxyl groups is 1. The molecule has 0 saturated heterocycles. The maximum Gasteiger partial charge on any atom is 0.107 e. The van der Waals surface area contributed by atoms with Crippen LogP contribution in [0.2, 0.25) is 0 Å². The van der Waals surface area contributed by atoms with Crippen LogP contribution >= 0.6 is 11.3 Å². The Morgan fingerprint density at radius 3 is 3.00 bits per heavy atom. The summed E-state index contributed by atoms with van der Waals surface area (Å²) in [6.45, 7) is 3.94. The number of hydrogen-bond donors (Lipinski definition) is 2. The Labute approximate surface area is 114 Å². The van der Waals surface area contributed by atoms with Gasteiger partial charge in [-0.25, -0.2) is 4.98 Å². The number of thiazole rings is 1. The van der Waals surface area contributed by atoms with Crippen LogP contribution in [0.4, 0.5) is 0 Å². The van der Waals surface area contributed by atoms with Crippen molar-refractivity contribution >= 4 is 11.3 Å². The van der Waals surface area contributed by atoms with Crippen LogP contribution in [-0.2, 0) is 6.54 Å². The molecule has 2 unspecified atom stereocenters. The standard InChI is InChI=1S/C14H24N2OS/c1-11-10-18-14(16-11)9-15-8-4-6-12-5-2-3-7-13(12)17/h10,12-13,15,17H,2-9H2,1H3. The van der Waals surface area contributed by atoms with E-state index in [1.54, 1.807) is 11.3 Å². The highest BCUT2D eigenvalue weighted by atomic mass is 32.1. The average molecular weight is 268 g/mol. The minimum atomic E-state index is -0.0413. The van der Waals surface area contributed by atoms with E-state index in [4.69, 9.17) is 0 Å². The normalized spacial score (nSPS) is 24.3. The third-order valence-electron chi connectivity index (χ3n) is 3.74. The van der Waals surface area contributed by atoms with Crippen LogP contribution in [0, 0.1) is 12.8 Å². The molecule has 1 heterocycles. The zero-order valence-corrected chi connectivity index (χ0v) is 12.0. The second-order valence-corrected chi connectivity index (χ2v) is 6.26. The molecule has 0 aromatic carbocycles. The highest BCUT2D eigenvalue weighted by Gasteiger charge is 2.21. The summed E-state index contributed by atoms with van der Waals surface area (Å²) in [5.41, 5.74) is 1.11. The molecule has 1 aromatic rings. The lowest BCUT2D eigenvalue weighted by molar-refractivity contribution is 0.0643. The lowest BCUT2D eigenvalue weighted by atomic mass is 9.83. The van der Waals surface area contributed by atoms with Crippen LogP contribution in [0.25, 0.3) is 0 Å².